The molecule has 0 aliphatic heterocycles. The fraction of sp³-hybridized carbons (Fsp3) is 0.500. The molecule has 5 heteroatoms. The van der Waals surface area contributed by atoms with Crippen LogP contribution in [0.25, 0.3) is 11.4 Å². The van der Waals surface area contributed by atoms with Gasteiger partial charge in [0, 0.05) is 11.3 Å². The van der Waals surface area contributed by atoms with Crippen LogP contribution in [0.4, 0.5) is 5.69 Å². The van der Waals surface area contributed by atoms with Crippen molar-refractivity contribution in [3.05, 3.63) is 23.8 Å². The van der Waals surface area contributed by atoms with E-state index in [1.165, 1.54) is 0 Å². The predicted molar refractivity (Wildman–Crippen MR) is 76.6 cm³/mol. The zero-order valence-electron chi connectivity index (χ0n) is 11.8. The number of hydrogen-bond acceptors (Lipinski definition) is 4. The molecule has 5 nitrogen and oxygen atoms in total. The Bertz CT molecular complexity index is 547. The average molecular weight is 259 g/mol. The van der Waals surface area contributed by atoms with Crippen LogP contribution >= 0.6 is 0 Å². The summed E-state index contributed by atoms with van der Waals surface area (Å²) in [6.07, 6.45) is 3.22. The lowest BCUT2D eigenvalue weighted by molar-refractivity contribution is 0.403. The Morgan fingerprint density at radius 1 is 1.32 bits per heavy atom. The molecule has 2 N–H and O–H groups in total. The fourth-order valence-corrected chi connectivity index (χ4v) is 2.35. The van der Waals surface area contributed by atoms with Crippen molar-refractivity contribution in [3.63, 3.8) is 0 Å². The van der Waals surface area contributed by atoms with E-state index in [0.29, 0.717) is 6.04 Å². The number of benzene rings is 1. The van der Waals surface area contributed by atoms with Gasteiger partial charge in [0.2, 0.25) is 0 Å². The summed E-state index contributed by atoms with van der Waals surface area (Å²) in [5.41, 5.74) is 8.79. The van der Waals surface area contributed by atoms with E-state index in [0.717, 1.165) is 41.9 Å². The summed E-state index contributed by atoms with van der Waals surface area (Å²) in [7, 11) is 0. The normalized spacial score (nSPS) is 12.6. The number of aromatic nitrogens is 4. The standard InChI is InChI=1S/C14H21N5/c1-4-7-11(5-2)19-14(16-17-18-19)12-8-6-9-13(15)10(12)3/h6,8-9,11H,4-5,7,15H2,1-3H3. The molecular formula is C14H21N5. The molecule has 1 aromatic heterocycles. The highest BCUT2D eigenvalue weighted by molar-refractivity contribution is 5.67. The van der Waals surface area contributed by atoms with Crippen LogP contribution in [0.15, 0.2) is 18.2 Å². The second-order valence-electron chi connectivity index (χ2n) is 4.82. The summed E-state index contributed by atoms with van der Waals surface area (Å²) in [5.74, 6) is 0.810. The van der Waals surface area contributed by atoms with Gasteiger partial charge in [-0.1, -0.05) is 32.4 Å². The van der Waals surface area contributed by atoms with Gasteiger partial charge in [-0.2, -0.15) is 0 Å². The van der Waals surface area contributed by atoms with Gasteiger partial charge in [0.25, 0.3) is 0 Å². The number of rotatable bonds is 5. The third-order valence-electron chi connectivity index (χ3n) is 3.55. The van der Waals surface area contributed by atoms with Crippen molar-refractivity contribution in [2.45, 2.75) is 46.1 Å². The maximum atomic E-state index is 5.97. The number of tetrazole rings is 1. The largest absolute Gasteiger partial charge is 0.398 e. The first kappa shape index (κ1) is 13.5. The number of nitrogens with zero attached hydrogens (tertiary/aromatic N) is 4. The van der Waals surface area contributed by atoms with Gasteiger partial charge in [0.05, 0.1) is 6.04 Å². The van der Waals surface area contributed by atoms with E-state index >= 15 is 0 Å². The smallest absolute Gasteiger partial charge is 0.182 e. The highest BCUT2D eigenvalue weighted by Crippen LogP contribution is 2.28. The summed E-state index contributed by atoms with van der Waals surface area (Å²) in [5, 5.41) is 12.2. The summed E-state index contributed by atoms with van der Waals surface area (Å²) in [6, 6.07) is 6.20. The second kappa shape index (κ2) is 5.82. The summed E-state index contributed by atoms with van der Waals surface area (Å²) < 4.78 is 1.94. The molecule has 0 saturated heterocycles. The molecule has 0 radical (unpaired) electrons. The van der Waals surface area contributed by atoms with Gasteiger partial charge in [0.15, 0.2) is 5.82 Å². The van der Waals surface area contributed by atoms with Crippen LogP contribution in [-0.4, -0.2) is 20.2 Å². The first-order valence-corrected chi connectivity index (χ1v) is 6.82. The molecule has 0 amide bonds. The van der Waals surface area contributed by atoms with Crippen molar-refractivity contribution in [2.75, 3.05) is 5.73 Å². The molecule has 0 aliphatic rings. The van der Waals surface area contributed by atoms with Crippen LogP contribution in [-0.2, 0) is 0 Å². The van der Waals surface area contributed by atoms with Crippen molar-refractivity contribution < 1.29 is 0 Å². The Hall–Kier alpha value is -1.91. The number of nitrogens with two attached hydrogens (primary N) is 1. The molecule has 0 fully saturated rings. The predicted octanol–water partition coefficient (Wildman–Crippen LogP) is 2.98. The molecule has 0 aliphatic carbocycles. The zero-order valence-corrected chi connectivity index (χ0v) is 11.8. The first-order chi connectivity index (χ1) is 9.19. The minimum atomic E-state index is 0.343. The molecule has 1 atom stereocenters. The number of anilines is 1. The lowest BCUT2D eigenvalue weighted by atomic mass is 10.0. The minimum Gasteiger partial charge on any atom is -0.398 e. The van der Waals surface area contributed by atoms with Gasteiger partial charge in [0.1, 0.15) is 0 Å². The highest BCUT2D eigenvalue weighted by Gasteiger charge is 2.18. The van der Waals surface area contributed by atoms with Gasteiger partial charge in [-0.05, 0) is 41.8 Å². The maximum Gasteiger partial charge on any atom is 0.182 e. The Kier molecular flexibility index (Phi) is 4.14. The molecule has 1 heterocycles. The SMILES string of the molecule is CCCC(CC)n1nnnc1-c1cccc(N)c1C. The summed E-state index contributed by atoms with van der Waals surface area (Å²) in [4.78, 5) is 0. The van der Waals surface area contributed by atoms with Crippen LogP contribution in [0.2, 0.25) is 0 Å². The van der Waals surface area contributed by atoms with E-state index in [2.05, 4.69) is 29.4 Å². The van der Waals surface area contributed by atoms with Crippen LogP contribution in [0.5, 0.6) is 0 Å². The molecule has 2 rings (SSSR count). The summed E-state index contributed by atoms with van der Waals surface area (Å²) >= 11 is 0. The van der Waals surface area contributed by atoms with Crippen molar-refractivity contribution in [1.29, 1.82) is 0 Å². The lowest BCUT2D eigenvalue weighted by Gasteiger charge is -2.16. The quantitative estimate of drug-likeness (QED) is 0.838. The van der Waals surface area contributed by atoms with Gasteiger partial charge in [-0.3, -0.25) is 0 Å². The van der Waals surface area contributed by atoms with E-state index in [4.69, 9.17) is 5.73 Å². The maximum absolute atomic E-state index is 5.97. The minimum absolute atomic E-state index is 0.343. The molecule has 1 aromatic carbocycles. The molecule has 2 aromatic rings. The number of nitrogen functional groups attached to an aromatic ring is 1. The van der Waals surface area contributed by atoms with Gasteiger partial charge < -0.3 is 5.73 Å². The van der Waals surface area contributed by atoms with Gasteiger partial charge in [-0.25, -0.2) is 4.68 Å². The second-order valence-corrected chi connectivity index (χ2v) is 4.82. The summed E-state index contributed by atoms with van der Waals surface area (Å²) in [6.45, 7) is 6.35. The molecule has 0 bridgehead atoms. The molecule has 102 valence electrons. The molecule has 1 unspecified atom stereocenters. The fourth-order valence-electron chi connectivity index (χ4n) is 2.35. The van der Waals surface area contributed by atoms with Crippen molar-refractivity contribution in [2.24, 2.45) is 0 Å². The Balaban J connectivity index is 2.46. The third kappa shape index (κ3) is 2.59. The third-order valence-corrected chi connectivity index (χ3v) is 3.55. The van der Waals surface area contributed by atoms with Crippen molar-refractivity contribution in [1.82, 2.24) is 20.2 Å². The van der Waals surface area contributed by atoms with Gasteiger partial charge >= 0.3 is 0 Å². The van der Waals surface area contributed by atoms with Crippen LogP contribution in [0.1, 0.15) is 44.7 Å². The van der Waals surface area contributed by atoms with Crippen LogP contribution in [0, 0.1) is 6.92 Å². The first-order valence-electron chi connectivity index (χ1n) is 6.82. The molecule has 0 spiro atoms. The van der Waals surface area contributed by atoms with E-state index in [-0.39, 0.29) is 0 Å². The van der Waals surface area contributed by atoms with Crippen LogP contribution in [0.3, 0.4) is 0 Å². The van der Waals surface area contributed by atoms with Gasteiger partial charge in [-0.15, -0.1) is 5.10 Å². The zero-order chi connectivity index (χ0) is 13.8. The lowest BCUT2D eigenvalue weighted by Crippen LogP contribution is -2.12. The van der Waals surface area contributed by atoms with E-state index in [9.17, 15) is 0 Å². The Morgan fingerprint density at radius 3 is 2.79 bits per heavy atom. The monoisotopic (exact) mass is 259 g/mol. The molecule has 19 heavy (non-hydrogen) atoms. The highest BCUT2D eigenvalue weighted by atomic mass is 15.5. The van der Waals surface area contributed by atoms with Crippen molar-refractivity contribution >= 4 is 5.69 Å². The number of hydrogen-bond donors (Lipinski definition) is 1. The molecule has 0 saturated carbocycles. The van der Waals surface area contributed by atoms with Crippen molar-refractivity contribution in [3.8, 4) is 11.4 Å². The van der Waals surface area contributed by atoms with Crippen LogP contribution < -0.4 is 5.73 Å². The average Bonchev–Trinajstić information content (AvgIpc) is 2.88. The Morgan fingerprint density at radius 2 is 2.11 bits per heavy atom. The molecular weight excluding hydrogens is 238 g/mol. The topological polar surface area (TPSA) is 69.6 Å². The van der Waals surface area contributed by atoms with E-state index in [1.807, 2.05) is 29.8 Å². The van der Waals surface area contributed by atoms with E-state index < -0.39 is 0 Å². The Labute approximate surface area is 113 Å². The van der Waals surface area contributed by atoms with E-state index in [1.54, 1.807) is 0 Å².